The van der Waals surface area contributed by atoms with Crippen molar-refractivity contribution in [1.82, 2.24) is 9.80 Å². The summed E-state index contributed by atoms with van der Waals surface area (Å²) in [6, 6.07) is 0. The SMILES string of the molecule is CC(C)(C)N1CCN(C(C)(C)C)C1=S. The summed E-state index contributed by atoms with van der Waals surface area (Å²) < 4.78 is 0. The summed E-state index contributed by atoms with van der Waals surface area (Å²) in [7, 11) is 0. The van der Waals surface area contributed by atoms with Crippen molar-refractivity contribution in [1.29, 1.82) is 0 Å². The maximum atomic E-state index is 5.51. The maximum absolute atomic E-state index is 5.51. The molecule has 0 radical (unpaired) electrons. The van der Waals surface area contributed by atoms with Crippen LogP contribution in [0, 0.1) is 0 Å². The Bertz CT molecular complexity index is 211. The van der Waals surface area contributed by atoms with Crippen molar-refractivity contribution in [3.63, 3.8) is 0 Å². The molecule has 0 atom stereocenters. The monoisotopic (exact) mass is 214 g/mol. The number of hydrogen-bond donors (Lipinski definition) is 0. The summed E-state index contributed by atoms with van der Waals surface area (Å²) in [5, 5.41) is 1.00. The highest BCUT2D eigenvalue weighted by Gasteiger charge is 2.37. The molecule has 1 heterocycles. The van der Waals surface area contributed by atoms with E-state index in [9.17, 15) is 0 Å². The highest BCUT2D eigenvalue weighted by atomic mass is 32.1. The Morgan fingerprint density at radius 2 is 1.14 bits per heavy atom. The standard InChI is InChI=1S/C11H22N2S/c1-10(2,3)12-7-8-13(9(12)14)11(4,5)6/h7-8H2,1-6H3. The van der Waals surface area contributed by atoms with Crippen LogP contribution < -0.4 is 0 Å². The molecule has 1 saturated heterocycles. The molecule has 0 N–H and O–H groups in total. The predicted molar refractivity (Wildman–Crippen MR) is 65.5 cm³/mol. The molecule has 1 aliphatic heterocycles. The Balaban J connectivity index is 2.80. The summed E-state index contributed by atoms with van der Waals surface area (Å²) in [6.07, 6.45) is 0. The first-order valence-corrected chi connectivity index (χ1v) is 5.64. The van der Waals surface area contributed by atoms with Crippen molar-refractivity contribution < 1.29 is 0 Å². The average molecular weight is 214 g/mol. The van der Waals surface area contributed by atoms with E-state index in [0.717, 1.165) is 18.2 Å². The lowest BCUT2D eigenvalue weighted by Crippen LogP contribution is -2.48. The lowest BCUT2D eigenvalue weighted by Gasteiger charge is -2.38. The Morgan fingerprint density at radius 1 is 0.857 bits per heavy atom. The van der Waals surface area contributed by atoms with Crippen molar-refractivity contribution in [3.05, 3.63) is 0 Å². The van der Waals surface area contributed by atoms with E-state index in [4.69, 9.17) is 12.2 Å². The topological polar surface area (TPSA) is 6.48 Å². The zero-order valence-electron chi connectivity index (χ0n) is 10.2. The minimum absolute atomic E-state index is 0.150. The Labute approximate surface area is 93.3 Å². The predicted octanol–water partition coefficient (Wildman–Crippen LogP) is 2.49. The van der Waals surface area contributed by atoms with Crippen LogP contribution in [0.4, 0.5) is 0 Å². The molecule has 3 heteroatoms. The van der Waals surface area contributed by atoms with Gasteiger partial charge in [-0.2, -0.15) is 0 Å². The van der Waals surface area contributed by atoms with Gasteiger partial charge in [-0.1, -0.05) is 0 Å². The van der Waals surface area contributed by atoms with E-state index in [0.29, 0.717) is 0 Å². The van der Waals surface area contributed by atoms with Crippen LogP contribution in [0.3, 0.4) is 0 Å². The zero-order chi connectivity index (χ0) is 11.1. The molecule has 0 saturated carbocycles. The molecule has 14 heavy (non-hydrogen) atoms. The Hall–Kier alpha value is -0.310. The maximum Gasteiger partial charge on any atom is 0.172 e. The van der Waals surface area contributed by atoms with Crippen molar-refractivity contribution >= 4 is 17.3 Å². The van der Waals surface area contributed by atoms with Crippen LogP contribution in [0.1, 0.15) is 41.5 Å². The largest absolute Gasteiger partial charge is 0.343 e. The van der Waals surface area contributed by atoms with E-state index >= 15 is 0 Å². The molecule has 82 valence electrons. The van der Waals surface area contributed by atoms with Crippen molar-refractivity contribution in [2.45, 2.75) is 52.6 Å². The lowest BCUT2D eigenvalue weighted by molar-refractivity contribution is 0.255. The van der Waals surface area contributed by atoms with Gasteiger partial charge in [0.1, 0.15) is 0 Å². The van der Waals surface area contributed by atoms with E-state index in [1.807, 2.05) is 0 Å². The molecular formula is C11H22N2S. The molecule has 0 bridgehead atoms. The number of hydrogen-bond acceptors (Lipinski definition) is 1. The Kier molecular flexibility index (Phi) is 2.83. The fraction of sp³-hybridized carbons (Fsp3) is 0.909. The van der Waals surface area contributed by atoms with Gasteiger partial charge in [-0.3, -0.25) is 0 Å². The fourth-order valence-electron chi connectivity index (χ4n) is 1.78. The third-order valence-electron chi connectivity index (χ3n) is 2.63. The van der Waals surface area contributed by atoms with Crippen LogP contribution in [-0.4, -0.2) is 39.1 Å². The van der Waals surface area contributed by atoms with E-state index in [-0.39, 0.29) is 11.1 Å². The van der Waals surface area contributed by atoms with Gasteiger partial charge in [-0.15, -0.1) is 0 Å². The van der Waals surface area contributed by atoms with Crippen LogP contribution in [0.15, 0.2) is 0 Å². The van der Waals surface area contributed by atoms with Gasteiger partial charge in [-0.05, 0) is 53.8 Å². The van der Waals surface area contributed by atoms with Gasteiger partial charge in [0.15, 0.2) is 5.11 Å². The van der Waals surface area contributed by atoms with Crippen molar-refractivity contribution in [2.75, 3.05) is 13.1 Å². The quantitative estimate of drug-likeness (QED) is 0.572. The van der Waals surface area contributed by atoms with E-state index in [2.05, 4.69) is 51.3 Å². The summed E-state index contributed by atoms with van der Waals surface area (Å²) >= 11 is 5.51. The first-order valence-electron chi connectivity index (χ1n) is 5.23. The normalized spacial score (nSPS) is 19.4. The summed E-state index contributed by atoms with van der Waals surface area (Å²) in [5.41, 5.74) is 0.300. The highest BCUT2D eigenvalue weighted by Crippen LogP contribution is 2.26. The molecule has 0 amide bonds. The molecule has 2 nitrogen and oxygen atoms in total. The lowest BCUT2D eigenvalue weighted by atomic mass is 10.1. The third-order valence-corrected chi connectivity index (χ3v) is 3.07. The van der Waals surface area contributed by atoms with Gasteiger partial charge in [0, 0.05) is 24.2 Å². The van der Waals surface area contributed by atoms with E-state index < -0.39 is 0 Å². The third kappa shape index (κ3) is 2.19. The van der Waals surface area contributed by atoms with Crippen LogP contribution >= 0.6 is 12.2 Å². The minimum Gasteiger partial charge on any atom is -0.343 e. The van der Waals surface area contributed by atoms with Gasteiger partial charge < -0.3 is 9.80 Å². The second-order valence-electron chi connectivity index (χ2n) is 5.93. The molecule has 1 fully saturated rings. The first kappa shape index (κ1) is 11.8. The van der Waals surface area contributed by atoms with Gasteiger partial charge in [0.25, 0.3) is 0 Å². The van der Waals surface area contributed by atoms with Gasteiger partial charge in [-0.25, -0.2) is 0 Å². The molecule has 0 unspecified atom stereocenters. The number of rotatable bonds is 0. The van der Waals surface area contributed by atoms with Crippen molar-refractivity contribution in [3.8, 4) is 0 Å². The molecule has 1 aliphatic rings. The van der Waals surface area contributed by atoms with Crippen LogP contribution in [0.5, 0.6) is 0 Å². The second-order valence-corrected chi connectivity index (χ2v) is 6.29. The summed E-state index contributed by atoms with van der Waals surface area (Å²) in [5.74, 6) is 0. The molecule has 1 rings (SSSR count). The molecule has 0 aliphatic carbocycles. The minimum atomic E-state index is 0.150. The second kappa shape index (κ2) is 3.37. The van der Waals surface area contributed by atoms with Crippen molar-refractivity contribution in [2.24, 2.45) is 0 Å². The average Bonchev–Trinajstić information content (AvgIpc) is 2.26. The van der Waals surface area contributed by atoms with Gasteiger partial charge >= 0.3 is 0 Å². The Morgan fingerprint density at radius 3 is 1.29 bits per heavy atom. The smallest absolute Gasteiger partial charge is 0.172 e. The highest BCUT2D eigenvalue weighted by molar-refractivity contribution is 7.80. The van der Waals surface area contributed by atoms with E-state index in [1.54, 1.807) is 0 Å². The summed E-state index contributed by atoms with van der Waals surface area (Å²) in [4.78, 5) is 4.63. The first-order chi connectivity index (χ1) is 6.14. The summed E-state index contributed by atoms with van der Waals surface area (Å²) in [6.45, 7) is 15.4. The molecule has 0 spiro atoms. The van der Waals surface area contributed by atoms with Gasteiger partial charge in [0.05, 0.1) is 0 Å². The fourth-order valence-corrected chi connectivity index (χ4v) is 2.51. The molecule has 0 aromatic heterocycles. The van der Waals surface area contributed by atoms with E-state index in [1.165, 1.54) is 0 Å². The molecule has 0 aromatic carbocycles. The van der Waals surface area contributed by atoms with Gasteiger partial charge in [0.2, 0.25) is 0 Å². The number of nitrogens with zero attached hydrogens (tertiary/aromatic N) is 2. The van der Waals surface area contributed by atoms with Crippen LogP contribution in [0.25, 0.3) is 0 Å². The van der Waals surface area contributed by atoms with Crippen LogP contribution in [-0.2, 0) is 0 Å². The molecular weight excluding hydrogens is 192 g/mol. The van der Waals surface area contributed by atoms with Crippen LogP contribution in [0.2, 0.25) is 0 Å². The number of thiocarbonyl (C=S) groups is 1. The zero-order valence-corrected chi connectivity index (χ0v) is 11.0. The molecule has 0 aromatic rings.